The average Bonchev–Trinajstić information content (AvgIpc) is 3.41. The first-order valence-corrected chi connectivity index (χ1v) is 17.7. The molecule has 1 amide bonds. The topological polar surface area (TPSA) is 149 Å². The number of sulfonamides is 1. The summed E-state index contributed by atoms with van der Waals surface area (Å²) >= 11 is 6.76. The zero-order valence-corrected chi connectivity index (χ0v) is 29.6. The van der Waals surface area contributed by atoms with Crippen LogP contribution >= 0.6 is 11.6 Å². The Bertz CT molecular complexity index is 2540. The largest absolute Gasteiger partial charge is 0.497 e. The molecule has 0 aliphatic rings. The Morgan fingerprint density at radius 3 is 2.33 bits per heavy atom. The zero-order valence-electron chi connectivity index (χ0n) is 28.0. The summed E-state index contributed by atoms with van der Waals surface area (Å²) in [5.74, 6) is -2.29. The molecule has 4 aromatic carbocycles. The molecule has 0 bridgehead atoms. The van der Waals surface area contributed by atoms with E-state index in [1.807, 2.05) is 0 Å². The van der Waals surface area contributed by atoms with E-state index in [0.717, 1.165) is 33.3 Å². The lowest BCUT2D eigenvalue weighted by molar-refractivity contribution is 0.189. The number of aromatic nitrogens is 4. The molecule has 0 fully saturated rings. The van der Waals surface area contributed by atoms with Crippen molar-refractivity contribution in [2.75, 3.05) is 17.7 Å². The maximum atomic E-state index is 14.8. The molecular weight excluding hydrogens is 725 g/mol. The van der Waals surface area contributed by atoms with Crippen LogP contribution in [0.5, 0.6) is 5.75 Å². The Kier molecular flexibility index (Phi) is 9.63. The van der Waals surface area contributed by atoms with Gasteiger partial charge in [-0.2, -0.15) is 5.10 Å². The van der Waals surface area contributed by atoms with Gasteiger partial charge in [-0.3, -0.25) is 14.0 Å². The molecular formula is C35H30ClF3N6O6S. The number of methoxy groups -OCH3 is 1. The number of rotatable bonds is 10. The SMILES string of the molecule is COc1ccc(CN(c2nn(C)c3c(-n4c(C(Cc5cc(F)cc(F)c5)NC(=O)O)nc5c(C)c(F)ccc5c4=O)ccc(Cl)c23)S(C)(=O)=O)cc1. The lowest BCUT2D eigenvalue weighted by atomic mass is 10.0. The van der Waals surface area contributed by atoms with Gasteiger partial charge in [0.25, 0.3) is 5.56 Å². The van der Waals surface area contributed by atoms with Gasteiger partial charge in [0, 0.05) is 25.1 Å². The van der Waals surface area contributed by atoms with Gasteiger partial charge < -0.3 is 15.2 Å². The molecule has 2 N–H and O–H groups in total. The van der Waals surface area contributed by atoms with Crippen LogP contribution in [0.2, 0.25) is 5.02 Å². The number of carbonyl (C=O) groups is 1. The van der Waals surface area contributed by atoms with Gasteiger partial charge in [0.2, 0.25) is 10.0 Å². The van der Waals surface area contributed by atoms with Gasteiger partial charge in [-0.05, 0) is 66.6 Å². The third-order valence-electron chi connectivity index (χ3n) is 8.49. The van der Waals surface area contributed by atoms with Crippen LogP contribution in [0.3, 0.4) is 0 Å². The number of fused-ring (bicyclic) bond motifs is 2. The highest BCUT2D eigenvalue weighted by molar-refractivity contribution is 7.92. The fourth-order valence-corrected chi connectivity index (χ4v) is 7.17. The number of anilines is 1. The molecule has 270 valence electrons. The van der Waals surface area contributed by atoms with E-state index in [2.05, 4.69) is 15.4 Å². The van der Waals surface area contributed by atoms with Crippen molar-refractivity contribution in [1.82, 2.24) is 24.6 Å². The minimum atomic E-state index is -4.01. The van der Waals surface area contributed by atoms with E-state index in [4.69, 9.17) is 16.3 Å². The summed E-state index contributed by atoms with van der Waals surface area (Å²) in [6.45, 7) is 1.24. The van der Waals surface area contributed by atoms with Crippen LogP contribution in [0, 0.1) is 24.4 Å². The van der Waals surface area contributed by atoms with E-state index in [1.165, 1.54) is 44.0 Å². The van der Waals surface area contributed by atoms with E-state index in [1.54, 1.807) is 24.3 Å². The second-order valence-corrected chi connectivity index (χ2v) is 14.3. The minimum Gasteiger partial charge on any atom is -0.497 e. The van der Waals surface area contributed by atoms with Crippen molar-refractivity contribution in [3.8, 4) is 11.4 Å². The number of nitrogens with one attached hydrogen (secondary N) is 1. The Morgan fingerprint density at radius 1 is 1.04 bits per heavy atom. The Balaban J connectivity index is 1.65. The van der Waals surface area contributed by atoms with Crippen molar-refractivity contribution in [1.29, 1.82) is 0 Å². The maximum Gasteiger partial charge on any atom is 0.405 e. The smallest absolute Gasteiger partial charge is 0.405 e. The van der Waals surface area contributed by atoms with Crippen LogP contribution in [0.4, 0.5) is 23.8 Å². The molecule has 2 heterocycles. The first kappa shape index (κ1) is 36.2. The minimum absolute atomic E-state index is 0.000254. The van der Waals surface area contributed by atoms with Crippen LogP contribution in [0.1, 0.15) is 28.6 Å². The highest BCUT2D eigenvalue weighted by Gasteiger charge is 2.30. The number of hydrogen-bond donors (Lipinski definition) is 2. The summed E-state index contributed by atoms with van der Waals surface area (Å²) in [4.78, 5) is 31.3. The average molecular weight is 755 g/mol. The van der Waals surface area contributed by atoms with Gasteiger partial charge in [0.1, 0.15) is 29.0 Å². The Hall–Kier alpha value is -5.61. The summed E-state index contributed by atoms with van der Waals surface area (Å²) in [7, 11) is -1.01. The molecule has 0 aliphatic heterocycles. The second-order valence-electron chi connectivity index (χ2n) is 12.0. The lowest BCUT2D eigenvalue weighted by Crippen LogP contribution is -2.35. The van der Waals surface area contributed by atoms with Crippen molar-refractivity contribution >= 4 is 55.3 Å². The van der Waals surface area contributed by atoms with Crippen LogP contribution in [-0.4, -0.2) is 52.3 Å². The molecule has 0 radical (unpaired) electrons. The molecule has 1 unspecified atom stereocenters. The van der Waals surface area contributed by atoms with Crippen molar-refractivity contribution in [3.05, 3.63) is 122 Å². The first-order valence-electron chi connectivity index (χ1n) is 15.5. The number of hydrogen-bond acceptors (Lipinski definition) is 7. The molecule has 0 saturated carbocycles. The summed E-state index contributed by atoms with van der Waals surface area (Å²) in [5.41, 5.74) is -0.00119. The van der Waals surface area contributed by atoms with Gasteiger partial charge in [-0.1, -0.05) is 23.7 Å². The normalized spacial score (nSPS) is 12.3. The number of benzene rings is 4. The van der Waals surface area contributed by atoms with Crippen LogP contribution in [0.25, 0.3) is 27.5 Å². The lowest BCUT2D eigenvalue weighted by Gasteiger charge is -2.23. The number of halogens is 4. The summed E-state index contributed by atoms with van der Waals surface area (Å²) < 4.78 is 78.6. The molecule has 12 nitrogen and oxygen atoms in total. The molecule has 0 spiro atoms. The molecule has 6 aromatic rings. The molecule has 1 atom stereocenters. The number of carboxylic acid groups (broad SMARTS) is 1. The monoisotopic (exact) mass is 754 g/mol. The van der Waals surface area contributed by atoms with Crippen molar-refractivity contribution in [3.63, 3.8) is 0 Å². The molecule has 0 aliphatic carbocycles. The molecule has 52 heavy (non-hydrogen) atoms. The zero-order chi connectivity index (χ0) is 37.6. The second kappa shape index (κ2) is 13.8. The molecule has 6 rings (SSSR count). The number of amides is 1. The van der Waals surface area contributed by atoms with E-state index in [9.17, 15) is 36.3 Å². The molecule has 2 aromatic heterocycles. The Labute approximate surface area is 299 Å². The van der Waals surface area contributed by atoms with Gasteiger partial charge in [0.05, 0.1) is 58.5 Å². The molecule has 0 saturated heterocycles. The van der Waals surface area contributed by atoms with Crippen molar-refractivity contribution < 1.29 is 36.2 Å². The number of ether oxygens (including phenoxy) is 1. The van der Waals surface area contributed by atoms with Gasteiger partial charge in [0.15, 0.2) is 5.82 Å². The van der Waals surface area contributed by atoms with Crippen molar-refractivity contribution in [2.45, 2.75) is 25.9 Å². The van der Waals surface area contributed by atoms with Crippen LogP contribution in [-0.2, 0) is 30.0 Å². The van der Waals surface area contributed by atoms with Gasteiger partial charge in [-0.25, -0.2) is 35.7 Å². The molecule has 17 heteroatoms. The highest BCUT2D eigenvalue weighted by Crippen LogP contribution is 2.38. The number of nitrogens with zero attached hydrogens (tertiary/aromatic N) is 5. The fraction of sp³-hybridized carbons (Fsp3) is 0.200. The summed E-state index contributed by atoms with van der Waals surface area (Å²) in [6.07, 6.45) is -0.932. The van der Waals surface area contributed by atoms with Crippen LogP contribution in [0.15, 0.2) is 71.5 Å². The third kappa shape index (κ3) is 6.86. The van der Waals surface area contributed by atoms with E-state index in [-0.39, 0.29) is 68.3 Å². The van der Waals surface area contributed by atoms with Gasteiger partial charge >= 0.3 is 6.09 Å². The van der Waals surface area contributed by atoms with Crippen LogP contribution < -0.4 is 19.9 Å². The summed E-state index contributed by atoms with van der Waals surface area (Å²) in [5, 5.41) is 16.9. The Morgan fingerprint density at radius 2 is 1.71 bits per heavy atom. The standard InChI is InChI=1S/C35H30ClF3N6O6S/c1-18-26(39)11-9-24-30(18)41-32(27(40-35(47)48)15-20-13-21(37)16-22(38)14-20)45(34(24)46)28-12-10-25(36)29-31(28)43(2)42-33(29)44(52(4,49)50)17-19-5-7-23(51-3)8-6-19/h5-14,16,27,40H,15,17H2,1-4H3,(H,47,48). The predicted octanol–water partition coefficient (Wildman–Crippen LogP) is 6.18. The third-order valence-corrected chi connectivity index (χ3v) is 9.90. The maximum absolute atomic E-state index is 14.8. The number of aryl methyl sites for hydroxylation is 2. The first-order chi connectivity index (χ1) is 24.6. The van der Waals surface area contributed by atoms with E-state index < -0.39 is 45.2 Å². The van der Waals surface area contributed by atoms with Gasteiger partial charge in [-0.15, -0.1) is 0 Å². The quantitative estimate of drug-likeness (QED) is 0.169. The predicted molar refractivity (Wildman–Crippen MR) is 189 cm³/mol. The highest BCUT2D eigenvalue weighted by atomic mass is 35.5. The van der Waals surface area contributed by atoms with Crippen molar-refractivity contribution in [2.24, 2.45) is 7.05 Å². The summed E-state index contributed by atoms with van der Waals surface area (Å²) in [6, 6.07) is 13.1. The van der Waals surface area contributed by atoms with E-state index >= 15 is 0 Å². The fourth-order valence-electron chi connectivity index (χ4n) is 6.11. The van der Waals surface area contributed by atoms with E-state index in [0.29, 0.717) is 17.4 Å².